The lowest BCUT2D eigenvalue weighted by Crippen LogP contribution is -2.32. The molecule has 0 aromatic carbocycles. The standard InChI is InChI=1S/C17H17N5O2S/c1-11-3-2-5-21-10-13(20-15(11)21)8-19-16(24)12-7-14(23)22(9-12)17-18-4-6-25-17/h2-6,10,12H,7-9H2,1H3,(H,19,24). The number of amides is 2. The van der Waals surface area contributed by atoms with Gasteiger partial charge in [0, 0.05) is 36.9 Å². The Kier molecular flexibility index (Phi) is 3.96. The van der Waals surface area contributed by atoms with Crippen LogP contribution in [0.5, 0.6) is 0 Å². The second-order valence-corrected chi connectivity index (χ2v) is 6.97. The van der Waals surface area contributed by atoms with Crippen LogP contribution in [0.3, 0.4) is 0 Å². The van der Waals surface area contributed by atoms with Gasteiger partial charge in [0.2, 0.25) is 11.8 Å². The van der Waals surface area contributed by atoms with E-state index in [0.717, 1.165) is 16.9 Å². The first-order valence-electron chi connectivity index (χ1n) is 8.02. The number of anilines is 1. The van der Waals surface area contributed by atoms with E-state index < -0.39 is 0 Å². The van der Waals surface area contributed by atoms with Crippen molar-refractivity contribution in [2.75, 3.05) is 11.4 Å². The molecule has 0 aliphatic carbocycles. The summed E-state index contributed by atoms with van der Waals surface area (Å²) < 4.78 is 1.94. The van der Waals surface area contributed by atoms with Gasteiger partial charge in [0.25, 0.3) is 0 Å². The number of nitrogens with one attached hydrogen (secondary N) is 1. The highest BCUT2D eigenvalue weighted by molar-refractivity contribution is 7.13. The second kappa shape index (κ2) is 6.29. The second-order valence-electron chi connectivity index (χ2n) is 6.09. The van der Waals surface area contributed by atoms with Gasteiger partial charge in [-0.3, -0.25) is 14.5 Å². The van der Waals surface area contributed by atoms with E-state index in [1.54, 1.807) is 11.1 Å². The number of thiazole rings is 1. The van der Waals surface area contributed by atoms with Crippen LogP contribution in [-0.4, -0.2) is 32.7 Å². The third kappa shape index (κ3) is 3.00. The van der Waals surface area contributed by atoms with Gasteiger partial charge in [-0.25, -0.2) is 9.97 Å². The molecule has 1 aliphatic rings. The van der Waals surface area contributed by atoms with Crippen LogP contribution in [-0.2, 0) is 16.1 Å². The first kappa shape index (κ1) is 15.8. The molecule has 2 amide bonds. The van der Waals surface area contributed by atoms with E-state index in [9.17, 15) is 9.59 Å². The van der Waals surface area contributed by atoms with Crippen molar-refractivity contribution in [1.29, 1.82) is 0 Å². The smallest absolute Gasteiger partial charge is 0.229 e. The highest BCUT2D eigenvalue weighted by Gasteiger charge is 2.36. The summed E-state index contributed by atoms with van der Waals surface area (Å²) in [4.78, 5) is 34.8. The summed E-state index contributed by atoms with van der Waals surface area (Å²) in [5, 5.41) is 5.37. The molecular weight excluding hydrogens is 338 g/mol. The van der Waals surface area contributed by atoms with Crippen molar-refractivity contribution in [1.82, 2.24) is 19.7 Å². The zero-order valence-corrected chi connectivity index (χ0v) is 14.5. The van der Waals surface area contributed by atoms with Gasteiger partial charge in [-0.1, -0.05) is 6.07 Å². The quantitative estimate of drug-likeness (QED) is 0.773. The van der Waals surface area contributed by atoms with Crippen LogP contribution in [0, 0.1) is 12.8 Å². The fourth-order valence-corrected chi connectivity index (χ4v) is 3.70. The predicted molar refractivity (Wildman–Crippen MR) is 94.3 cm³/mol. The number of pyridine rings is 1. The van der Waals surface area contributed by atoms with E-state index in [1.165, 1.54) is 11.3 Å². The highest BCUT2D eigenvalue weighted by atomic mass is 32.1. The number of rotatable bonds is 4. The van der Waals surface area contributed by atoms with E-state index in [2.05, 4.69) is 15.3 Å². The maximum Gasteiger partial charge on any atom is 0.229 e. The number of carbonyl (C=O) groups excluding carboxylic acids is 2. The minimum Gasteiger partial charge on any atom is -0.350 e. The molecule has 1 aliphatic heterocycles. The van der Waals surface area contributed by atoms with Gasteiger partial charge in [-0.2, -0.15) is 0 Å². The minimum absolute atomic E-state index is 0.0570. The number of imidazole rings is 1. The molecule has 4 rings (SSSR count). The molecule has 1 atom stereocenters. The van der Waals surface area contributed by atoms with Crippen LogP contribution in [0.15, 0.2) is 36.1 Å². The Labute approximate surface area is 148 Å². The normalized spacial score (nSPS) is 17.4. The summed E-state index contributed by atoms with van der Waals surface area (Å²) in [6.07, 6.45) is 5.72. The van der Waals surface area contributed by atoms with Gasteiger partial charge >= 0.3 is 0 Å². The fraction of sp³-hybridized carbons (Fsp3) is 0.294. The average Bonchev–Trinajstić information content (AvgIpc) is 3.31. The van der Waals surface area contributed by atoms with Crippen LogP contribution in [0.2, 0.25) is 0 Å². The summed E-state index contributed by atoms with van der Waals surface area (Å²) in [7, 11) is 0. The Bertz CT molecular complexity index is 934. The van der Waals surface area contributed by atoms with Crippen molar-refractivity contribution in [3.63, 3.8) is 0 Å². The van der Waals surface area contributed by atoms with Gasteiger partial charge in [-0.05, 0) is 18.6 Å². The summed E-state index contributed by atoms with van der Waals surface area (Å²) in [5.41, 5.74) is 2.77. The van der Waals surface area contributed by atoms with Gasteiger partial charge in [-0.15, -0.1) is 11.3 Å². The third-order valence-electron chi connectivity index (χ3n) is 4.32. The van der Waals surface area contributed by atoms with Crippen LogP contribution < -0.4 is 10.2 Å². The zero-order chi connectivity index (χ0) is 17.4. The summed E-state index contributed by atoms with van der Waals surface area (Å²) in [6.45, 7) is 2.73. The van der Waals surface area contributed by atoms with Crippen molar-refractivity contribution in [2.24, 2.45) is 5.92 Å². The highest BCUT2D eigenvalue weighted by Crippen LogP contribution is 2.26. The maximum absolute atomic E-state index is 12.4. The van der Waals surface area contributed by atoms with Gasteiger partial charge in [0.15, 0.2) is 5.13 Å². The molecule has 8 heteroatoms. The zero-order valence-electron chi connectivity index (χ0n) is 13.7. The van der Waals surface area contributed by atoms with E-state index >= 15 is 0 Å². The van der Waals surface area contributed by atoms with E-state index in [1.807, 2.05) is 41.2 Å². The van der Waals surface area contributed by atoms with Crippen molar-refractivity contribution in [3.8, 4) is 0 Å². The van der Waals surface area contributed by atoms with E-state index in [4.69, 9.17) is 0 Å². The van der Waals surface area contributed by atoms with Crippen LogP contribution in [0.1, 0.15) is 17.7 Å². The molecule has 0 bridgehead atoms. The molecule has 25 heavy (non-hydrogen) atoms. The number of nitrogens with zero attached hydrogens (tertiary/aromatic N) is 4. The molecule has 0 radical (unpaired) electrons. The number of hydrogen-bond acceptors (Lipinski definition) is 5. The van der Waals surface area contributed by atoms with Gasteiger partial charge in [0.05, 0.1) is 18.2 Å². The predicted octanol–water partition coefficient (Wildman–Crippen LogP) is 1.77. The molecule has 1 N–H and O–H groups in total. The Balaban J connectivity index is 1.40. The topological polar surface area (TPSA) is 79.6 Å². The Morgan fingerprint density at radius 2 is 2.36 bits per heavy atom. The maximum atomic E-state index is 12.4. The number of hydrogen-bond donors (Lipinski definition) is 1. The molecule has 1 fully saturated rings. The van der Waals surface area contributed by atoms with Crippen molar-refractivity contribution in [3.05, 3.63) is 47.4 Å². The summed E-state index contributed by atoms with van der Waals surface area (Å²) in [6, 6.07) is 3.96. The molecule has 0 spiro atoms. The average molecular weight is 355 g/mol. The van der Waals surface area contributed by atoms with Gasteiger partial charge < -0.3 is 9.72 Å². The van der Waals surface area contributed by atoms with Crippen molar-refractivity contribution in [2.45, 2.75) is 19.9 Å². The molecule has 1 saturated heterocycles. The van der Waals surface area contributed by atoms with Crippen LogP contribution >= 0.6 is 11.3 Å². The minimum atomic E-state index is -0.352. The molecule has 128 valence electrons. The summed E-state index contributed by atoms with van der Waals surface area (Å²) in [5.74, 6) is -0.533. The Morgan fingerprint density at radius 1 is 1.48 bits per heavy atom. The lowest BCUT2D eigenvalue weighted by atomic mass is 10.1. The number of aromatic nitrogens is 3. The first-order valence-corrected chi connectivity index (χ1v) is 8.90. The fourth-order valence-electron chi connectivity index (χ4n) is 3.03. The SMILES string of the molecule is Cc1cccn2cc(CNC(=O)C3CC(=O)N(c4nccs4)C3)nc12. The van der Waals surface area contributed by atoms with Crippen molar-refractivity contribution >= 4 is 33.9 Å². The Morgan fingerprint density at radius 3 is 3.12 bits per heavy atom. The largest absolute Gasteiger partial charge is 0.350 e. The molecule has 7 nitrogen and oxygen atoms in total. The first-order chi connectivity index (χ1) is 12.1. The molecule has 0 saturated carbocycles. The Hall–Kier alpha value is -2.74. The molecule has 3 aromatic rings. The lowest BCUT2D eigenvalue weighted by Gasteiger charge is -2.12. The number of fused-ring (bicyclic) bond motifs is 1. The van der Waals surface area contributed by atoms with Crippen molar-refractivity contribution < 1.29 is 9.59 Å². The van der Waals surface area contributed by atoms with E-state index in [-0.39, 0.29) is 24.2 Å². The molecule has 4 heterocycles. The lowest BCUT2D eigenvalue weighted by molar-refractivity contribution is -0.126. The molecule has 3 aromatic heterocycles. The monoisotopic (exact) mass is 355 g/mol. The molecular formula is C17H17N5O2S. The molecule has 1 unspecified atom stereocenters. The third-order valence-corrected chi connectivity index (χ3v) is 5.11. The van der Waals surface area contributed by atoms with Crippen LogP contribution in [0.25, 0.3) is 5.65 Å². The van der Waals surface area contributed by atoms with Crippen LogP contribution in [0.4, 0.5) is 5.13 Å². The van der Waals surface area contributed by atoms with Gasteiger partial charge in [0.1, 0.15) is 5.65 Å². The number of carbonyl (C=O) groups is 2. The summed E-state index contributed by atoms with van der Waals surface area (Å²) >= 11 is 1.40. The number of aryl methyl sites for hydroxylation is 1. The van der Waals surface area contributed by atoms with E-state index in [0.29, 0.717) is 18.2 Å².